The van der Waals surface area contributed by atoms with Gasteiger partial charge in [-0.2, -0.15) is 0 Å². The Kier molecular flexibility index (Phi) is 4.95. The van der Waals surface area contributed by atoms with Crippen LogP contribution in [0.5, 0.6) is 0 Å². The van der Waals surface area contributed by atoms with Gasteiger partial charge in [0, 0.05) is 10.6 Å². The van der Waals surface area contributed by atoms with Gasteiger partial charge >= 0.3 is 0 Å². The van der Waals surface area contributed by atoms with Gasteiger partial charge < -0.3 is 0 Å². The normalized spacial score (nSPS) is 14.1. The number of halogens is 2. The summed E-state index contributed by atoms with van der Waals surface area (Å²) in [4.78, 5) is -0.823. The monoisotopic (exact) mass is 368 g/mol. The highest BCUT2D eigenvalue weighted by molar-refractivity contribution is 6.34. The molecular weight excluding hydrogens is 347 g/mol. The van der Waals surface area contributed by atoms with E-state index in [0.717, 1.165) is 16.7 Å². The zero-order valence-electron chi connectivity index (χ0n) is 14.8. The SMILES string of the molecule is CC(C)(C)c1ccc(C(Cl)(c2ccccc2)c2ccccc2Cl)cc1. The molecule has 0 N–H and O–H groups in total. The maximum atomic E-state index is 7.30. The third kappa shape index (κ3) is 3.47. The molecule has 0 heterocycles. The van der Waals surface area contributed by atoms with E-state index in [4.69, 9.17) is 23.2 Å². The second-order valence-corrected chi connectivity index (χ2v) is 8.31. The lowest BCUT2D eigenvalue weighted by molar-refractivity contribution is 0.589. The molecule has 1 atom stereocenters. The van der Waals surface area contributed by atoms with Crippen LogP contribution in [0.15, 0.2) is 78.9 Å². The van der Waals surface area contributed by atoms with Gasteiger partial charge in [0.1, 0.15) is 4.87 Å². The third-order valence-electron chi connectivity index (χ3n) is 4.57. The van der Waals surface area contributed by atoms with E-state index in [2.05, 4.69) is 45.0 Å². The van der Waals surface area contributed by atoms with E-state index in [9.17, 15) is 0 Å². The van der Waals surface area contributed by atoms with Gasteiger partial charge in [-0.15, -0.1) is 11.6 Å². The van der Waals surface area contributed by atoms with E-state index in [1.54, 1.807) is 0 Å². The molecular formula is C23H22Cl2. The van der Waals surface area contributed by atoms with Gasteiger partial charge in [0.05, 0.1) is 0 Å². The highest BCUT2D eigenvalue weighted by Gasteiger charge is 2.35. The number of hydrogen-bond donors (Lipinski definition) is 0. The molecule has 25 heavy (non-hydrogen) atoms. The first kappa shape index (κ1) is 18.0. The maximum absolute atomic E-state index is 7.30. The van der Waals surface area contributed by atoms with Crippen LogP contribution < -0.4 is 0 Å². The Morgan fingerprint density at radius 3 is 1.64 bits per heavy atom. The van der Waals surface area contributed by atoms with Gasteiger partial charge in [-0.05, 0) is 28.2 Å². The first-order chi connectivity index (χ1) is 11.8. The Balaban J connectivity index is 2.21. The fourth-order valence-electron chi connectivity index (χ4n) is 3.09. The Morgan fingerprint density at radius 1 is 0.600 bits per heavy atom. The smallest absolute Gasteiger partial charge is 0.103 e. The van der Waals surface area contributed by atoms with E-state index in [0.29, 0.717) is 5.02 Å². The molecule has 0 amide bonds. The molecule has 2 heteroatoms. The number of hydrogen-bond acceptors (Lipinski definition) is 0. The Bertz CT molecular complexity index is 845. The molecule has 0 bridgehead atoms. The van der Waals surface area contributed by atoms with Crippen LogP contribution in [-0.2, 0) is 10.3 Å². The average molecular weight is 369 g/mol. The van der Waals surface area contributed by atoms with Crippen LogP contribution in [0.25, 0.3) is 0 Å². The van der Waals surface area contributed by atoms with Crippen LogP contribution in [0.2, 0.25) is 5.02 Å². The average Bonchev–Trinajstić information content (AvgIpc) is 2.61. The standard InChI is InChI=1S/C23H22Cl2/c1-22(2,3)17-13-15-19(16-14-17)23(25,18-9-5-4-6-10-18)20-11-7-8-12-21(20)24/h4-16H,1-3H3. The van der Waals surface area contributed by atoms with Gasteiger partial charge in [-0.1, -0.05) is 105 Å². The van der Waals surface area contributed by atoms with Crippen molar-refractivity contribution in [2.45, 2.75) is 31.1 Å². The molecule has 0 spiro atoms. The van der Waals surface area contributed by atoms with Gasteiger partial charge in [-0.25, -0.2) is 0 Å². The van der Waals surface area contributed by atoms with Crippen LogP contribution in [0.1, 0.15) is 43.0 Å². The highest BCUT2D eigenvalue weighted by atomic mass is 35.5. The molecule has 0 aliphatic heterocycles. The molecule has 128 valence electrons. The van der Waals surface area contributed by atoms with Crippen LogP contribution in [-0.4, -0.2) is 0 Å². The largest absolute Gasteiger partial charge is 0.121 e. The van der Waals surface area contributed by atoms with Crippen molar-refractivity contribution in [1.29, 1.82) is 0 Å². The van der Waals surface area contributed by atoms with Crippen LogP contribution >= 0.6 is 23.2 Å². The van der Waals surface area contributed by atoms with Crippen molar-refractivity contribution < 1.29 is 0 Å². The van der Waals surface area contributed by atoms with Crippen molar-refractivity contribution in [3.05, 3.63) is 106 Å². The van der Waals surface area contributed by atoms with Gasteiger partial charge in [-0.3, -0.25) is 0 Å². The zero-order valence-corrected chi connectivity index (χ0v) is 16.3. The Labute approximate surface area is 160 Å². The molecule has 3 rings (SSSR count). The van der Waals surface area contributed by atoms with Crippen LogP contribution in [0, 0.1) is 0 Å². The van der Waals surface area contributed by atoms with Gasteiger partial charge in [0.2, 0.25) is 0 Å². The molecule has 1 unspecified atom stereocenters. The number of alkyl halides is 1. The first-order valence-corrected chi connectivity index (χ1v) is 9.19. The van der Waals surface area contributed by atoms with Crippen molar-refractivity contribution in [3.8, 4) is 0 Å². The number of rotatable bonds is 3. The van der Waals surface area contributed by atoms with E-state index < -0.39 is 4.87 Å². The summed E-state index contributed by atoms with van der Waals surface area (Å²) in [6.45, 7) is 6.63. The number of benzene rings is 3. The second kappa shape index (κ2) is 6.86. The highest BCUT2D eigenvalue weighted by Crippen LogP contribution is 2.45. The predicted octanol–water partition coefficient (Wildman–Crippen LogP) is 7.17. The third-order valence-corrected chi connectivity index (χ3v) is 5.53. The van der Waals surface area contributed by atoms with Crippen molar-refractivity contribution in [3.63, 3.8) is 0 Å². The van der Waals surface area contributed by atoms with Crippen molar-refractivity contribution in [1.82, 2.24) is 0 Å². The van der Waals surface area contributed by atoms with E-state index in [1.807, 2.05) is 54.6 Å². The summed E-state index contributed by atoms with van der Waals surface area (Å²) in [5.74, 6) is 0. The minimum absolute atomic E-state index is 0.102. The molecule has 0 saturated carbocycles. The van der Waals surface area contributed by atoms with Crippen LogP contribution in [0.3, 0.4) is 0 Å². The van der Waals surface area contributed by atoms with Crippen LogP contribution in [0.4, 0.5) is 0 Å². The summed E-state index contributed by atoms with van der Waals surface area (Å²) >= 11 is 13.8. The topological polar surface area (TPSA) is 0 Å². The fourth-order valence-corrected chi connectivity index (χ4v) is 3.83. The molecule has 0 nitrogen and oxygen atoms in total. The van der Waals surface area contributed by atoms with E-state index in [-0.39, 0.29) is 5.41 Å². The molecule has 3 aromatic carbocycles. The molecule has 0 saturated heterocycles. The van der Waals surface area contributed by atoms with E-state index >= 15 is 0 Å². The fraction of sp³-hybridized carbons (Fsp3) is 0.217. The second-order valence-electron chi connectivity index (χ2n) is 7.33. The summed E-state index contributed by atoms with van der Waals surface area (Å²) in [6, 6.07) is 26.5. The molecule has 0 aliphatic rings. The van der Waals surface area contributed by atoms with Crippen molar-refractivity contribution in [2.75, 3.05) is 0 Å². The lowest BCUT2D eigenvalue weighted by atomic mass is 9.81. The molecule has 0 fully saturated rings. The Morgan fingerprint density at radius 2 is 1.08 bits per heavy atom. The summed E-state index contributed by atoms with van der Waals surface area (Å²) < 4.78 is 0. The first-order valence-electron chi connectivity index (χ1n) is 8.44. The lowest BCUT2D eigenvalue weighted by Crippen LogP contribution is -2.23. The molecule has 0 aromatic heterocycles. The minimum atomic E-state index is -0.823. The quantitative estimate of drug-likeness (QED) is 0.339. The van der Waals surface area contributed by atoms with Crippen molar-refractivity contribution >= 4 is 23.2 Å². The lowest BCUT2D eigenvalue weighted by Gasteiger charge is -2.31. The summed E-state index contributed by atoms with van der Waals surface area (Å²) in [6.07, 6.45) is 0. The minimum Gasteiger partial charge on any atom is -0.103 e. The Hall–Kier alpha value is -1.76. The molecule has 3 aromatic rings. The summed E-state index contributed by atoms with van der Waals surface area (Å²) in [5, 5.41) is 0.668. The molecule has 0 aliphatic carbocycles. The predicted molar refractivity (Wildman–Crippen MR) is 109 cm³/mol. The summed E-state index contributed by atoms with van der Waals surface area (Å²) in [7, 11) is 0. The van der Waals surface area contributed by atoms with Crippen molar-refractivity contribution in [2.24, 2.45) is 0 Å². The van der Waals surface area contributed by atoms with E-state index in [1.165, 1.54) is 5.56 Å². The summed E-state index contributed by atoms with van der Waals surface area (Å²) in [5.41, 5.74) is 4.30. The zero-order chi connectivity index (χ0) is 18.1. The van der Waals surface area contributed by atoms with Gasteiger partial charge in [0.15, 0.2) is 0 Å². The molecule has 0 radical (unpaired) electrons. The van der Waals surface area contributed by atoms with Gasteiger partial charge in [0.25, 0.3) is 0 Å². The maximum Gasteiger partial charge on any atom is 0.121 e.